The van der Waals surface area contributed by atoms with Crippen molar-refractivity contribution in [1.82, 2.24) is 15.5 Å². The summed E-state index contributed by atoms with van der Waals surface area (Å²) in [5.41, 5.74) is 1.26. The molecule has 1 atom stereocenters. The topological polar surface area (TPSA) is 81.6 Å². The fraction of sp³-hybridized carbons (Fsp3) is 0.708. The number of aliphatic imine (C=N–C) groups is 1. The van der Waals surface area contributed by atoms with Crippen LogP contribution in [0.3, 0.4) is 0 Å². The molecule has 1 unspecified atom stereocenters. The van der Waals surface area contributed by atoms with Gasteiger partial charge in [0.1, 0.15) is 5.75 Å². The summed E-state index contributed by atoms with van der Waals surface area (Å²) in [6, 6.07) is 8.34. The summed E-state index contributed by atoms with van der Waals surface area (Å²) in [6.07, 6.45) is 2.80. The number of methoxy groups -OCH3 is 1. The molecule has 2 aliphatic rings. The molecule has 33 heavy (non-hydrogen) atoms. The minimum Gasteiger partial charge on any atom is -0.497 e. The Labute approximate surface area is 216 Å². The van der Waals surface area contributed by atoms with E-state index < -0.39 is 0 Å². The molecular formula is C24H42IN5O3. The summed E-state index contributed by atoms with van der Waals surface area (Å²) in [7, 11) is 1.70. The Morgan fingerprint density at radius 3 is 2.55 bits per heavy atom. The number of aliphatic hydroxyl groups excluding tert-OH is 1. The Morgan fingerprint density at radius 2 is 1.94 bits per heavy atom. The van der Waals surface area contributed by atoms with Gasteiger partial charge in [-0.3, -0.25) is 9.89 Å². The minimum absolute atomic E-state index is 0. The first-order valence-corrected chi connectivity index (χ1v) is 12.0. The minimum atomic E-state index is -0.0132. The molecule has 0 aliphatic carbocycles. The molecule has 0 radical (unpaired) electrons. The molecular weight excluding hydrogens is 533 g/mol. The maximum absolute atomic E-state index is 9.41. The van der Waals surface area contributed by atoms with Crippen molar-refractivity contribution in [2.75, 3.05) is 84.2 Å². The third-order valence-corrected chi connectivity index (χ3v) is 6.50. The van der Waals surface area contributed by atoms with Gasteiger partial charge in [0.05, 0.1) is 20.3 Å². The van der Waals surface area contributed by atoms with Gasteiger partial charge >= 0.3 is 0 Å². The van der Waals surface area contributed by atoms with Crippen LogP contribution in [0, 0.1) is 5.41 Å². The zero-order valence-corrected chi connectivity index (χ0v) is 22.6. The van der Waals surface area contributed by atoms with Crippen molar-refractivity contribution in [3.63, 3.8) is 0 Å². The molecule has 0 aromatic heterocycles. The van der Waals surface area contributed by atoms with Gasteiger partial charge in [-0.1, -0.05) is 0 Å². The summed E-state index contributed by atoms with van der Waals surface area (Å²) in [4.78, 5) is 9.78. The first-order valence-electron chi connectivity index (χ1n) is 12.0. The molecule has 1 aromatic rings. The zero-order chi connectivity index (χ0) is 22.7. The summed E-state index contributed by atoms with van der Waals surface area (Å²) in [5.74, 6) is 1.77. The predicted molar refractivity (Wildman–Crippen MR) is 145 cm³/mol. The van der Waals surface area contributed by atoms with Crippen LogP contribution in [-0.2, 0) is 4.74 Å². The SMILES string of the molecule is CCNC(=NCC1(CCO)CCOC1)NCCCN1CCN(c2ccc(OC)cc2)CC1.I. The van der Waals surface area contributed by atoms with E-state index in [1.807, 2.05) is 12.1 Å². The van der Waals surface area contributed by atoms with Crippen LogP contribution in [0.4, 0.5) is 5.69 Å². The van der Waals surface area contributed by atoms with Gasteiger partial charge < -0.3 is 30.1 Å². The highest BCUT2D eigenvalue weighted by atomic mass is 127. The number of ether oxygens (including phenoxy) is 2. The maximum Gasteiger partial charge on any atom is 0.191 e. The molecule has 3 N–H and O–H groups in total. The van der Waals surface area contributed by atoms with Crippen LogP contribution < -0.4 is 20.3 Å². The molecule has 0 saturated carbocycles. The van der Waals surface area contributed by atoms with Crippen molar-refractivity contribution in [3.05, 3.63) is 24.3 Å². The number of aliphatic hydroxyl groups is 1. The highest BCUT2D eigenvalue weighted by molar-refractivity contribution is 14.0. The first kappa shape index (κ1) is 27.9. The van der Waals surface area contributed by atoms with Crippen molar-refractivity contribution in [1.29, 1.82) is 0 Å². The van der Waals surface area contributed by atoms with Gasteiger partial charge in [0, 0.05) is 63.6 Å². The van der Waals surface area contributed by atoms with Crippen molar-refractivity contribution in [2.45, 2.75) is 26.2 Å². The van der Waals surface area contributed by atoms with E-state index in [0.29, 0.717) is 13.2 Å². The lowest BCUT2D eigenvalue weighted by Gasteiger charge is -2.36. The quantitative estimate of drug-likeness (QED) is 0.162. The number of halogens is 1. The van der Waals surface area contributed by atoms with Crippen LogP contribution in [0.15, 0.2) is 29.3 Å². The van der Waals surface area contributed by atoms with Gasteiger partial charge in [-0.05, 0) is 57.0 Å². The highest BCUT2D eigenvalue weighted by Gasteiger charge is 2.34. The molecule has 2 heterocycles. The lowest BCUT2D eigenvalue weighted by molar-refractivity contribution is 0.131. The van der Waals surface area contributed by atoms with Gasteiger partial charge in [-0.25, -0.2) is 0 Å². The predicted octanol–water partition coefficient (Wildman–Crippen LogP) is 2.17. The standard InChI is InChI=1S/C24H41N5O3.HI/c1-3-25-23(27-19-24(9-17-30)10-18-32-20-24)26-11-4-12-28-13-15-29(16-14-28)21-5-7-22(31-2)8-6-21;/h5-8,30H,3-4,9-20H2,1-2H3,(H2,25,26,27);1H. The van der Waals surface area contributed by atoms with Gasteiger partial charge in [0.2, 0.25) is 0 Å². The second-order valence-electron chi connectivity index (χ2n) is 8.78. The van der Waals surface area contributed by atoms with Crippen molar-refractivity contribution < 1.29 is 14.6 Å². The Morgan fingerprint density at radius 1 is 1.18 bits per heavy atom. The molecule has 3 rings (SSSR count). The molecule has 9 heteroatoms. The summed E-state index contributed by atoms with van der Waals surface area (Å²) in [6.45, 7) is 11.5. The van der Waals surface area contributed by atoms with Crippen molar-refractivity contribution >= 4 is 35.6 Å². The van der Waals surface area contributed by atoms with E-state index in [-0.39, 0.29) is 36.0 Å². The molecule has 2 aliphatic heterocycles. The van der Waals surface area contributed by atoms with E-state index in [9.17, 15) is 5.11 Å². The van der Waals surface area contributed by atoms with E-state index in [1.54, 1.807) is 7.11 Å². The molecule has 188 valence electrons. The van der Waals surface area contributed by atoms with Gasteiger partial charge in [0.15, 0.2) is 5.96 Å². The van der Waals surface area contributed by atoms with Gasteiger partial charge in [0.25, 0.3) is 0 Å². The number of guanidine groups is 1. The molecule has 8 nitrogen and oxygen atoms in total. The number of benzene rings is 1. The maximum atomic E-state index is 9.41. The van der Waals surface area contributed by atoms with E-state index in [1.165, 1.54) is 5.69 Å². The Hall–Kier alpha value is -1.30. The highest BCUT2D eigenvalue weighted by Crippen LogP contribution is 2.32. The molecule has 2 fully saturated rings. The molecule has 0 bridgehead atoms. The zero-order valence-electron chi connectivity index (χ0n) is 20.2. The average Bonchev–Trinajstić information content (AvgIpc) is 3.29. The Balaban J connectivity index is 0.00000385. The lowest BCUT2D eigenvalue weighted by atomic mass is 9.84. The number of piperazine rings is 1. The third-order valence-electron chi connectivity index (χ3n) is 6.50. The lowest BCUT2D eigenvalue weighted by Crippen LogP contribution is -2.47. The largest absolute Gasteiger partial charge is 0.497 e. The third kappa shape index (κ3) is 8.77. The Bertz CT molecular complexity index is 690. The number of nitrogens with zero attached hydrogens (tertiary/aromatic N) is 3. The fourth-order valence-electron chi connectivity index (χ4n) is 4.41. The molecule has 0 amide bonds. The van der Waals surface area contributed by atoms with E-state index >= 15 is 0 Å². The van der Waals surface area contributed by atoms with Crippen molar-refractivity contribution in [3.8, 4) is 5.75 Å². The first-order chi connectivity index (χ1) is 15.7. The van der Waals surface area contributed by atoms with Gasteiger partial charge in [-0.15, -0.1) is 24.0 Å². The second-order valence-corrected chi connectivity index (χ2v) is 8.78. The van der Waals surface area contributed by atoms with Crippen LogP contribution in [0.5, 0.6) is 5.75 Å². The number of anilines is 1. The summed E-state index contributed by atoms with van der Waals surface area (Å²) >= 11 is 0. The molecule has 1 aromatic carbocycles. The molecule has 2 saturated heterocycles. The normalized spacial score (nSPS) is 21.5. The van der Waals surface area contributed by atoms with E-state index in [2.05, 4.69) is 39.5 Å². The van der Waals surface area contributed by atoms with Crippen LogP contribution in [0.2, 0.25) is 0 Å². The van der Waals surface area contributed by atoms with Crippen molar-refractivity contribution in [2.24, 2.45) is 10.4 Å². The van der Waals surface area contributed by atoms with Gasteiger partial charge in [-0.2, -0.15) is 0 Å². The Kier molecular flexibility index (Phi) is 12.6. The van der Waals surface area contributed by atoms with Crippen LogP contribution in [0.1, 0.15) is 26.2 Å². The number of hydrogen-bond acceptors (Lipinski definition) is 6. The summed E-state index contributed by atoms with van der Waals surface area (Å²) < 4.78 is 10.8. The van der Waals surface area contributed by atoms with Crippen LogP contribution >= 0.6 is 24.0 Å². The van der Waals surface area contributed by atoms with E-state index in [0.717, 1.165) is 83.4 Å². The number of nitrogens with one attached hydrogen (secondary N) is 2. The fourth-order valence-corrected chi connectivity index (χ4v) is 4.41. The second kappa shape index (κ2) is 14.9. The average molecular weight is 576 g/mol. The number of hydrogen-bond donors (Lipinski definition) is 3. The molecule has 0 spiro atoms. The van der Waals surface area contributed by atoms with Crippen LogP contribution in [-0.4, -0.2) is 95.3 Å². The summed E-state index contributed by atoms with van der Waals surface area (Å²) in [5, 5.41) is 16.2. The number of rotatable bonds is 11. The smallest absolute Gasteiger partial charge is 0.191 e. The van der Waals surface area contributed by atoms with E-state index in [4.69, 9.17) is 14.5 Å². The monoisotopic (exact) mass is 575 g/mol. The van der Waals surface area contributed by atoms with Crippen LogP contribution in [0.25, 0.3) is 0 Å².